The predicted octanol–water partition coefficient (Wildman–Crippen LogP) is 3.73. The summed E-state index contributed by atoms with van der Waals surface area (Å²) in [6.45, 7) is 3.98. The minimum atomic E-state index is -0.0760. The van der Waals surface area contributed by atoms with E-state index in [9.17, 15) is 4.79 Å². The fraction of sp³-hybridized carbons (Fsp3) is 0.350. The Morgan fingerprint density at radius 3 is 2.54 bits per heavy atom. The molecule has 0 saturated carbocycles. The first-order valence-electron chi connectivity index (χ1n) is 8.70. The monoisotopic (exact) mass is 392 g/mol. The van der Waals surface area contributed by atoms with Gasteiger partial charge in [-0.15, -0.1) is 0 Å². The van der Waals surface area contributed by atoms with E-state index in [1.54, 1.807) is 18.2 Å². The van der Waals surface area contributed by atoms with E-state index in [1.165, 1.54) is 0 Å². The van der Waals surface area contributed by atoms with Crippen molar-refractivity contribution in [1.29, 1.82) is 0 Å². The first-order valence-corrected chi connectivity index (χ1v) is 9.46. The number of ether oxygens (including phenoxy) is 1. The molecule has 1 aliphatic heterocycles. The fourth-order valence-electron chi connectivity index (χ4n) is 3.05. The van der Waals surface area contributed by atoms with Gasteiger partial charge in [-0.2, -0.15) is 0 Å². The van der Waals surface area contributed by atoms with Gasteiger partial charge < -0.3 is 10.1 Å². The summed E-state index contributed by atoms with van der Waals surface area (Å²) in [5.74, 6) is -0.0589. The molecule has 0 aliphatic carbocycles. The van der Waals surface area contributed by atoms with Crippen LogP contribution >= 0.6 is 23.2 Å². The van der Waals surface area contributed by atoms with Crippen molar-refractivity contribution in [1.82, 2.24) is 10.2 Å². The maximum absolute atomic E-state index is 12.6. The summed E-state index contributed by atoms with van der Waals surface area (Å²) in [7, 11) is 0. The number of hydrogen-bond acceptors (Lipinski definition) is 3. The quantitative estimate of drug-likeness (QED) is 0.813. The molecule has 1 atom stereocenters. The van der Waals surface area contributed by atoms with E-state index in [2.05, 4.69) is 10.2 Å². The largest absolute Gasteiger partial charge is 0.379 e. The molecule has 3 rings (SSSR count). The number of hydrogen-bond donors (Lipinski definition) is 1. The summed E-state index contributed by atoms with van der Waals surface area (Å²) in [5.41, 5.74) is 1.86. The summed E-state index contributed by atoms with van der Waals surface area (Å²) < 4.78 is 5.42. The van der Waals surface area contributed by atoms with Gasteiger partial charge in [-0.25, -0.2) is 0 Å². The molecule has 1 heterocycles. The van der Waals surface area contributed by atoms with Crippen LogP contribution in [0.5, 0.6) is 0 Å². The summed E-state index contributed by atoms with van der Waals surface area (Å²) in [6, 6.07) is 15.2. The summed E-state index contributed by atoms with van der Waals surface area (Å²) in [6.07, 6.45) is 0.225. The van der Waals surface area contributed by atoms with E-state index in [4.69, 9.17) is 27.9 Å². The maximum Gasteiger partial charge on any atom is 0.225 e. The Bertz CT molecular complexity index is 734. The Balaban J connectivity index is 1.68. The van der Waals surface area contributed by atoms with Crippen LogP contribution in [0.1, 0.15) is 17.2 Å². The molecule has 2 aromatic rings. The zero-order valence-corrected chi connectivity index (χ0v) is 16.0. The van der Waals surface area contributed by atoms with Gasteiger partial charge in [0.1, 0.15) is 0 Å². The molecule has 1 amide bonds. The average molecular weight is 393 g/mol. The van der Waals surface area contributed by atoms with Crippen LogP contribution in [0.25, 0.3) is 0 Å². The van der Waals surface area contributed by atoms with E-state index >= 15 is 0 Å². The van der Waals surface area contributed by atoms with Crippen LogP contribution in [-0.2, 0) is 16.0 Å². The third kappa shape index (κ3) is 5.45. The van der Waals surface area contributed by atoms with Crippen LogP contribution in [0.4, 0.5) is 0 Å². The minimum Gasteiger partial charge on any atom is -0.379 e. The number of rotatable bonds is 6. The molecule has 2 aromatic carbocycles. The van der Waals surface area contributed by atoms with E-state index < -0.39 is 0 Å². The lowest BCUT2D eigenvalue weighted by Crippen LogP contribution is -2.43. The highest BCUT2D eigenvalue weighted by atomic mass is 35.5. The molecular formula is C20H22Cl2N2O2. The number of amides is 1. The number of carbonyl (C=O) groups excluding carboxylic acids is 1. The molecule has 0 spiro atoms. The molecule has 1 saturated heterocycles. The number of halogens is 2. The Morgan fingerprint density at radius 2 is 1.85 bits per heavy atom. The van der Waals surface area contributed by atoms with Crippen molar-refractivity contribution in [2.24, 2.45) is 0 Å². The number of carbonyl (C=O) groups is 1. The number of benzene rings is 2. The van der Waals surface area contributed by atoms with Gasteiger partial charge in [0.05, 0.1) is 25.7 Å². The Labute approximate surface area is 164 Å². The van der Waals surface area contributed by atoms with Gasteiger partial charge >= 0.3 is 0 Å². The van der Waals surface area contributed by atoms with Crippen molar-refractivity contribution in [3.63, 3.8) is 0 Å². The molecule has 138 valence electrons. The molecule has 0 bridgehead atoms. The van der Waals surface area contributed by atoms with E-state index in [-0.39, 0.29) is 18.4 Å². The van der Waals surface area contributed by atoms with Gasteiger partial charge in [-0.05, 0) is 23.3 Å². The highest BCUT2D eigenvalue weighted by molar-refractivity contribution is 6.35. The zero-order chi connectivity index (χ0) is 18.4. The van der Waals surface area contributed by atoms with Crippen LogP contribution in [0.3, 0.4) is 0 Å². The van der Waals surface area contributed by atoms with Crippen molar-refractivity contribution < 1.29 is 9.53 Å². The van der Waals surface area contributed by atoms with Gasteiger partial charge in [0.2, 0.25) is 5.91 Å². The second-order valence-corrected chi connectivity index (χ2v) is 7.20. The van der Waals surface area contributed by atoms with Gasteiger partial charge in [-0.3, -0.25) is 9.69 Å². The standard InChI is InChI=1S/C20H22Cl2N2O2/c21-17-7-6-16(18(22)13-17)12-20(25)23-19(15-4-2-1-3-5-15)14-24-8-10-26-11-9-24/h1-7,13,19H,8-12,14H2,(H,23,25)/t19-/m0/s1. The number of nitrogens with one attached hydrogen (secondary N) is 1. The Hall–Kier alpha value is -1.59. The highest BCUT2D eigenvalue weighted by Crippen LogP contribution is 2.22. The third-order valence-electron chi connectivity index (χ3n) is 4.45. The fourth-order valence-corrected chi connectivity index (χ4v) is 3.52. The smallest absolute Gasteiger partial charge is 0.225 e. The SMILES string of the molecule is O=C(Cc1ccc(Cl)cc1Cl)N[C@@H](CN1CCOCC1)c1ccccc1. The average Bonchev–Trinajstić information content (AvgIpc) is 2.65. The first-order chi connectivity index (χ1) is 12.6. The van der Waals surface area contributed by atoms with E-state index in [0.29, 0.717) is 10.0 Å². The van der Waals surface area contributed by atoms with Crippen LogP contribution in [-0.4, -0.2) is 43.7 Å². The lowest BCUT2D eigenvalue weighted by molar-refractivity contribution is -0.121. The molecular weight excluding hydrogens is 371 g/mol. The number of nitrogens with zero attached hydrogens (tertiary/aromatic N) is 1. The lowest BCUT2D eigenvalue weighted by Gasteiger charge is -2.31. The summed E-state index contributed by atoms with van der Waals surface area (Å²) in [5, 5.41) is 4.23. The van der Waals surface area contributed by atoms with Crippen molar-refractivity contribution in [2.45, 2.75) is 12.5 Å². The predicted molar refractivity (Wildman–Crippen MR) is 105 cm³/mol. The van der Waals surface area contributed by atoms with Gasteiger partial charge in [0, 0.05) is 29.7 Å². The molecule has 1 aliphatic rings. The second-order valence-electron chi connectivity index (χ2n) is 6.36. The van der Waals surface area contributed by atoms with Gasteiger partial charge in [0.15, 0.2) is 0 Å². The van der Waals surface area contributed by atoms with Crippen molar-refractivity contribution in [3.8, 4) is 0 Å². The molecule has 0 unspecified atom stereocenters. The van der Waals surface area contributed by atoms with Crippen LogP contribution < -0.4 is 5.32 Å². The van der Waals surface area contributed by atoms with Crippen LogP contribution in [0.2, 0.25) is 10.0 Å². The summed E-state index contributed by atoms with van der Waals surface area (Å²) in [4.78, 5) is 14.9. The van der Waals surface area contributed by atoms with Crippen LogP contribution in [0.15, 0.2) is 48.5 Å². The first kappa shape index (κ1) is 19.2. The molecule has 0 aromatic heterocycles. The summed E-state index contributed by atoms with van der Waals surface area (Å²) >= 11 is 12.1. The minimum absolute atomic E-state index is 0.0589. The van der Waals surface area contributed by atoms with Gasteiger partial charge in [0.25, 0.3) is 0 Å². The van der Waals surface area contributed by atoms with E-state index in [0.717, 1.165) is 44.0 Å². The van der Waals surface area contributed by atoms with Crippen molar-refractivity contribution >= 4 is 29.1 Å². The highest BCUT2D eigenvalue weighted by Gasteiger charge is 2.20. The topological polar surface area (TPSA) is 41.6 Å². The van der Waals surface area contributed by atoms with Crippen molar-refractivity contribution in [2.75, 3.05) is 32.8 Å². The lowest BCUT2D eigenvalue weighted by atomic mass is 10.0. The Kier molecular flexibility index (Phi) is 6.92. The van der Waals surface area contributed by atoms with Crippen molar-refractivity contribution in [3.05, 3.63) is 69.7 Å². The molecule has 6 heteroatoms. The van der Waals surface area contributed by atoms with Gasteiger partial charge in [-0.1, -0.05) is 59.6 Å². The molecule has 4 nitrogen and oxygen atoms in total. The van der Waals surface area contributed by atoms with E-state index in [1.807, 2.05) is 30.3 Å². The van der Waals surface area contributed by atoms with Crippen LogP contribution in [0, 0.1) is 0 Å². The molecule has 1 N–H and O–H groups in total. The molecule has 1 fully saturated rings. The third-order valence-corrected chi connectivity index (χ3v) is 5.03. The Morgan fingerprint density at radius 1 is 1.12 bits per heavy atom. The maximum atomic E-state index is 12.6. The molecule has 26 heavy (non-hydrogen) atoms. The zero-order valence-electron chi connectivity index (χ0n) is 14.5. The number of morpholine rings is 1. The second kappa shape index (κ2) is 9.38. The molecule has 0 radical (unpaired) electrons. The normalized spacial score (nSPS) is 16.2.